The maximum atomic E-state index is 4.17. The van der Waals surface area contributed by atoms with Gasteiger partial charge in [-0.05, 0) is 271 Å². The summed E-state index contributed by atoms with van der Waals surface area (Å²) in [6.45, 7) is 96.0. The summed E-state index contributed by atoms with van der Waals surface area (Å²) >= 11 is 0. The molecule has 672 valence electrons. The zero-order chi connectivity index (χ0) is 95.8. The fourth-order valence-corrected chi connectivity index (χ4v) is 7.35. The molecule has 10 aromatic heterocycles. The van der Waals surface area contributed by atoms with Crippen molar-refractivity contribution in [1.29, 1.82) is 0 Å². The Balaban J connectivity index is -0.000000104. The van der Waals surface area contributed by atoms with Gasteiger partial charge in [0, 0.05) is 120 Å². The Kier molecular flexibility index (Phi) is 118. The van der Waals surface area contributed by atoms with Crippen molar-refractivity contribution in [2.45, 2.75) is 332 Å². The first-order valence-electron chi connectivity index (χ1n) is 43.9. The second-order valence-corrected chi connectivity index (χ2v) is 23.3. The van der Waals surface area contributed by atoms with Crippen LogP contribution in [0.25, 0.3) is 0 Å². The van der Waals surface area contributed by atoms with Crippen molar-refractivity contribution in [3.63, 3.8) is 0 Å². The lowest BCUT2D eigenvalue weighted by Gasteiger charge is -1.90. The van der Waals surface area contributed by atoms with Crippen molar-refractivity contribution >= 4 is 0 Å². The van der Waals surface area contributed by atoms with Gasteiger partial charge in [-0.1, -0.05) is 261 Å². The Morgan fingerprint density at radius 1 is 0.142 bits per heavy atom. The molecule has 0 aliphatic rings. The molecule has 0 atom stereocenters. The summed E-state index contributed by atoms with van der Waals surface area (Å²) in [6, 6.07) is 45.0. The van der Waals surface area contributed by atoms with Gasteiger partial charge in [0.25, 0.3) is 0 Å². The first-order valence-corrected chi connectivity index (χ1v) is 43.9. The number of nitrogens with zero attached hydrogens (tertiary/aromatic N) is 14. The minimum atomic E-state index is 0.829. The summed E-state index contributed by atoms with van der Waals surface area (Å²) in [6.07, 6.45) is 21.9. The van der Waals surface area contributed by atoms with Gasteiger partial charge in [-0.25, -0.2) is 39.9 Å². The summed E-state index contributed by atoms with van der Waals surface area (Å²) in [7, 11) is 0. The molecule has 14 heteroatoms. The maximum Gasteiger partial charge on any atom is 0.125 e. The Bertz CT molecular complexity index is 3070. The fraction of sp³-hybridized carbons (Fsp3) is 0.453. The molecule has 10 heterocycles. The van der Waals surface area contributed by atoms with E-state index in [1.165, 1.54) is 55.6 Å². The summed E-state index contributed by atoms with van der Waals surface area (Å²) in [5, 5.41) is 0. The van der Waals surface area contributed by atoms with E-state index in [0.717, 1.165) is 80.0 Å². The third-order valence-corrected chi connectivity index (χ3v) is 12.3. The lowest BCUT2D eigenvalue weighted by Crippen LogP contribution is -1.86. The molecule has 120 heavy (non-hydrogen) atoms. The second-order valence-electron chi connectivity index (χ2n) is 23.3. The molecule has 0 unspecified atom stereocenters. The van der Waals surface area contributed by atoms with E-state index in [0.29, 0.717) is 0 Å². The number of rotatable bonds is 0. The predicted molar refractivity (Wildman–Crippen MR) is 536 cm³/mol. The highest BCUT2D eigenvalue weighted by Gasteiger charge is 1.90. The molecule has 12 rings (SSSR count). The number of hydrogen-bond donors (Lipinski definition) is 0. The number of pyridine rings is 6. The van der Waals surface area contributed by atoms with E-state index in [1.807, 2.05) is 407 Å². The van der Waals surface area contributed by atoms with Crippen molar-refractivity contribution in [3.8, 4) is 0 Å². The monoisotopic (exact) mass is 1650 g/mol. The molecule has 0 aliphatic carbocycles. The molecule has 14 nitrogen and oxygen atoms in total. The molecule has 0 bridgehead atoms. The van der Waals surface area contributed by atoms with Gasteiger partial charge in [0.15, 0.2) is 0 Å². The molecule has 2 aromatic carbocycles. The van der Waals surface area contributed by atoms with Gasteiger partial charge >= 0.3 is 0 Å². The normalized spacial score (nSPS) is 8.00. The Hall–Kier alpha value is -10.3. The first-order chi connectivity index (χ1) is 57.5. The summed E-state index contributed by atoms with van der Waals surface area (Å²) in [5.41, 5.74) is 23.6. The van der Waals surface area contributed by atoms with Crippen LogP contribution in [0, 0.1) is 166 Å². The molecule has 0 amide bonds. The van der Waals surface area contributed by atoms with Crippen LogP contribution in [0.4, 0.5) is 0 Å². The molecule has 0 radical (unpaired) electrons. The van der Waals surface area contributed by atoms with E-state index in [-0.39, 0.29) is 0 Å². The summed E-state index contributed by atoms with van der Waals surface area (Å²) in [5.74, 6) is 3.33. The lowest BCUT2D eigenvalue weighted by molar-refractivity contribution is 1.01. The minimum absolute atomic E-state index is 0.829. The van der Waals surface area contributed by atoms with Crippen LogP contribution in [0.3, 0.4) is 0 Å². The van der Waals surface area contributed by atoms with E-state index in [2.05, 4.69) is 190 Å². The minimum Gasteiger partial charge on any atom is -0.264 e. The van der Waals surface area contributed by atoms with E-state index in [4.69, 9.17) is 0 Å². The molecule has 12 aromatic rings. The summed E-state index contributed by atoms with van der Waals surface area (Å²) in [4.78, 5) is 56.2. The van der Waals surface area contributed by atoms with Gasteiger partial charge in [0.2, 0.25) is 0 Å². The predicted octanol–water partition coefficient (Wildman–Crippen LogP) is 31.5. The fourth-order valence-electron chi connectivity index (χ4n) is 7.35. The van der Waals surface area contributed by atoms with Gasteiger partial charge < -0.3 is 0 Å². The van der Waals surface area contributed by atoms with Crippen LogP contribution in [-0.2, 0) is 0 Å². The third-order valence-electron chi connectivity index (χ3n) is 12.3. The molecule has 0 saturated carbocycles. The van der Waals surface area contributed by atoms with Gasteiger partial charge in [-0.2, -0.15) is 0 Å². The topological polar surface area (TPSA) is 180 Å². The molecule has 0 aliphatic heterocycles. The van der Waals surface area contributed by atoms with Crippen LogP contribution in [-0.4, -0.2) is 69.8 Å². The third kappa shape index (κ3) is 102. The van der Waals surface area contributed by atoms with Gasteiger partial charge in [0.1, 0.15) is 23.3 Å². The molecule has 0 saturated heterocycles. The van der Waals surface area contributed by atoms with Crippen LogP contribution in [0.1, 0.15) is 302 Å². The van der Waals surface area contributed by atoms with Crippen molar-refractivity contribution in [1.82, 2.24) is 69.8 Å². The van der Waals surface area contributed by atoms with Gasteiger partial charge in [-0.3, -0.25) is 29.9 Å². The molecular weight excluding hydrogens is 1470 g/mol. The Morgan fingerprint density at radius 2 is 0.383 bits per heavy atom. The standard InChI is InChI=1S/2C8H10.6C7H9N.4C6H8N2.12C2H6/c1-7-3-5-8(2)6-4-7;1-7-4-3-5-8(2)6-7;1-6-3-7(2)5-8-4-6;2*1-6-3-4-8-7(2)5-6;2*1-6-3-4-7(2)8-5-6;1-6-4-3-5-7(2)8-6;2*1-5-3-7-6(2)8-4-5;2*1-5-3-4-7-6(2)8-5;12*1-2/h2*3-6H,1-2H3;6*3-5H,1-2H3;4*3-4H,1-2H3;12*1-2H3. The SMILES string of the molecule is CC.CC.CC.CC.CC.CC.CC.CC.CC.CC.CC.CC.Cc1ccc(C)cc1.Cc1ccc(C)nc1.Cc1ccc(C)nc1.Cc1cccc(C)c1.Cc1cccc(C)n1.Cc1ccnc(C)c1.Cc1ccnc(C)c1.Cc1ccnc(C)n1.Cc1ccnc(C)n1.Cc1cnc(C)nc1.Cc1cnc(C)nc1.Cc1cncc(C)c1. The van der Waals surface area contributed by atoms with Crippen LogP contribution < -0.4 is 0 Å². The quantitative estimate of drug-likeness (QED) is 0.140. The molecule has 0 spiro atoms. The smallest absolute Gasteiger partial charge is 0.125 e. The zero-order valence-electron chi connectivity index (χ0n) is 85.9. The Labute approximate surface area is 741 Å². The molecule has 0 fully saturated rings. The number of benzene rings is 2. The van der Waals surface area contributed by atoms with Crippen molar-refractivity contribution < 1.29 is 0 Å². The average Bonchev–Trinajstić information content (AvgIpc) is 0.966. The van der Waals surface area contributed by atoms with Crippen molar-refractivity contribution in [2.75, 3.05) is 0 Å². The number of aryl methyl sites for hydroxylation is 24. The van der Waals surface area contributed by atoms with Crippen LogP contribution in [0.15, 0.2) is 208 Å². The highest BCUT2D eigenvalue weighted by molar-refractivity contribution is 5.22. The average molecular weight is 1650 g/mol. The molecular formula is C106H178N14. The van der Waals surface area contributed by atoms with Crippen LogP contribution >= 0.6 is 0 Å². The van der Waals surface area contributed by atoms with E-state index in [1.54, 1.807) is 12.4 Å². The number of aromatic nitrogens is 14. The van der Waals surface area contributed by atoms with Gasteiger partial charge in [0.05, 0.1) is 0 Å². The first kappa shape index (κ1) is 136. The van der Waals surface area contributed by atoms with E-state index >= 15 is 0 Å². The highest BCUT2D eigenvalue weighted by atomic mass is 14.9. The summed E-state index contributed by atoms with van der Waals surface area (Å²) < 4.78 is 0. The van der Waals surface area contributed by atoms with E-state index in [9.17, 15) is 0 Å². The zero-order valence-corrected chi connectivity index (χ0v) is 85.9. The second kappa shape index (κ2) is 105. The van der Waals surface area contributed by atoms with Crippen LogP contribution in [0.5, 0.6) is 0 Å². The highest BCUT2D eigenvalue weighted by Crippen LogP contribution is 2.04. The van der Waals surface area contributed by atoms with Crippen molar-refractivity contribution in [3.05, 3.63) is 343 Å². The van der Waals surface area contributed by atoms with Crippen LogP contribution in [0.2, 0.25) is 0 Å². The lowest BCUT2D eigenvalue weighted by atomic mass is 10.2. The van der Waals surface area contributed by atoms with Gasteiger partial charge in [-0.15, -0.1) is 0 Å². The Morgan fingerprint density at radius 3 is 0.550 bits per heavy atom. The maximum absolute atomic E-state index is 4.17. The van der Waals surface area contributed by atoms with Crippen molar-refractivity contribution in [2.24, 2.45) is 0 Å². The number of hydrogen-bond acceptors (Lipinski definition) is 14. The van der Waals surface area contributed by atoms with E-state index < -0.39 is 0 Å². The largest absolute Gasteiger partial charge is 0.264 e. The molecule has 0 N–H and O–H groups in total.